The van der Waals surface area contributed by atoms with Gasteiger partial charge in [-0.3, -0.25) is 0 Å². The Hall–Kier alpha value is -1.06. The molecule has 15 heavy (non-hydrogen) atoms. The maximum absolute atomic E-state index is 9.67. The molecule has 1 aliphatic heterocycles. The Morgan fingerprint density at radius 2 is 2.20 bits per heavy atom. The van der Waals surface area contributed by atoms with Crippen molar-refractivity contribution in [3.63, 3.8) is 0 Å². The summed E-state index contributed by atoms with van der Waals surface area (Å²) >= 11 is 0. The van der Waals surface area contributed by atoms with Gasteiger partial charge in [-0.2, -0.15) is 0 Å². The van der Waals surface area contributed by atoms with Gasteiger partial charge in [0.1, 0.15) is 5.75 Å². The second-order valence-corrected chi connectivity index (χ2v) is 4.03. The van der Waals surface area contributed by atoms with Crippen molar-refractivity contribution in [3.05, 3.63) is 29.8 Å². The second-order valence-electron chi connectivity index (χ2n) is 4.03. The van der Waals surface area contributed by atoms with Gasteiger partial charge in [0.05, 0.1) is 6.10 Å². The number of hydrogen-bond acceptors (Lipinski definition) is 3. The van der Waals surface area contributed by atoms with Crippen LogP contribution in [0.25, 0.3) is 0 Å². The fourth-order valence-corrected chi connectivity index (χ4v) is 2.15. The smallest absolute Gasteiger partial charge is 0.118 e. The zero-order valence-corrected chi connectivity index (χ0v) is 8.94. The molecule has 1 aromatic rings. The van der Waals surface area contributed by atoms with Crippen LogP contribution < -0.4 is 5.32 Å². The molecule has 1 saturated heterocycles. The van der Waals surface area contributed by atoms with Crippen LogP contribution in [0.2, 0.25) is 0 Å². The third-order valence-corrected chi connectivity index (χ3v) is 3.05. The van der Waals surface area contributed by atoms with Crippen molar-refractivity contribution in [1.29, 1.82) is 0 Å². The van der Waals surface area contributed by atoms with Crippen LogP contribution in [0.3, 0.4) is 0 Å². The largest absolute Gasteiger partial charge is 0.508 e. The van der Waals surface area contributed by atoms with Crippen LogP contribution >= 0.6 is 0 Å². The number of phenols is 1. The molecule has 1 aromatic carbocycles. The zero-order valence-electron chi connectivity index (χ0n) is 8.94. The maximum Gasteiger partial charge on any atom is 0.118 e. The number of para-hydroxylation sites is 1. The third-order valence-electron chi connectivity index (χ3n) is 3.05. The summed E-state index contributed by atoms with van der Waals surface area (Å²) in [5, 5.41) is 13.0. The van der Waals surface area contributed by atoms with Gasteiger partial charge in [-0.1, -0.05) is 18.2 Å². The van der Waals surface area contributed by atoms with Crippen molar-refractivity contribution in [3.8, 4) is 5.75 Å². The van der Waals surface area contributed by atoms with Gasteiger partial charge in [-0.05, 0) is 18.1 Å². The number of benzene rings is 1. The van der Waals surface area contributed by atoms with Crippen LogP contribution in [0.15, 0.2) is 24.3 Å². The van der Waals surface area contributed by atoms with Gasteiger partial charge >= 0.3 is 0 Å². The van der Waals surface area contributed by atoms with E-state index in [2.05, 4.69) is 5.32 Å². The monoisotopic (exact) mass is 207 g/mol. The molecule has 0 saturated carbocycles. The Morgan fingerprint density at radius 3 is 2.93 bits per heavy atom. The van der Waals surface area contributed by atoms with E-state index in [0.29, 0.717) is 11.7 Å². The highest BCUT2D eigenvalue weighted by Crippen LogP contribution is 2.23. The third kappa shape index (κ3) is 2.30. The van der Waals surface area contributed by atoms with E-state index in [0.717, 1.165) is 25.1 Å². The molecular weight excluding hydrogens is 190 g/mol. The van der Waals surface area contributed by atoms with Crippen molar-refractivity contribution in [1.82, 2.24) is 5.32 Å². The highest BCUT2D eigenvalue weighted by atomic mass is 16.5. The molecule has 2 rings (SSSR count). The van der Waals surface area contributed by atoms with Crippen LogP contribution in [-0.4, -0.2) is 31.4 Å². The van der Waals surface area contributed by atoms with Crippen molar-refractivity contribution in [2.24, 2.45) is 5.92 Å². The molecule has 0 amide bonds. The summed E-state index contributed by atoms with van der Waals surface area (Å²) in [7, 11) is 1.75. The summed E-state index contributed by atoms with van der Waals surface area (Å²) < 4.78 is 5.39. The van der Waals surface area contributed by atoms with Gasteiger partial charge < -0.3 is 15.2 Å². The number of phenolic OH excluding ortho intramolecular Hbond substituents is 1. The summed E-state index contributed by atoms with van der Waals surface area (Å²) in [5.41, 5.74) is 1.01. The van der Waals surface area contributed by atoms with E-state index < -0.39 is 0 Å². The number of methoxy groups -OCH3 is 1. The summed E-state index contributed by atoms with van der Waals surface area (Å²) in [4.78, 5) is 0. The van der Waals surface area contributed by atoms with Crippen molar-refractivity contribution in [2.75, 3.05) is 20.2 Å². The number of rotatable bonds is 3. The summed E-state index contributed by atoms with van der Waals surface area (Å²) in [6, 6.07) is 7.51. The summed E-state index contributed by atoms with van der Waals surface area (Å²) in [6.45, 7) is 1.88. The molecule has 0 aromatic heterocycles. The molecule has 82 valence electrons. The predicted octanol–water partition coefficient (Wildman–Crippen LogP) is 1.17. The quantitative estimate of drug-likeness (QED) is 0.781. The number of aromatic hydroxyl groups is 1. The van der Waals surface area contributed by atoms with E-state index in [1.807, 2.05) is 18.2 Å². The first-order valence-electron chi connectivity index (χ1n) is 5.31. The molecule has 2 atom stereocenters. The van der Waals surface area contributed by atoms with Crippen molar-refractivity contribution < 1.29 is 9.84 Å². The molecule has 3 nitrogen and oxygen atoms in total. The van der Waals surface area contributed by atoms with Gasteiger partial charge in [-0.15, -0.1) is 0 Å². The number of nitrogens with one attached hydrogen (secondary N) is 1. The molecule has 0 aliphatic carbocycles. The summed E-state index contributed by atoms with van der Waals surface area (Å²) in [5.74, 6) is 0.850. The lowest BCUT2D eigenvalue weighted by Gasteiger charge is -2.17. The lowest BCUT2D eigenvalue weighted by molar-refractivity contribution is 0.0830. The normalized spacial score (nSPS) is 25.7. The molecule has 2 unspecified atom stereocenters. The number of hydrogen-bond donors (Lipinski definition) is 2. The lowest BCUT2D eigenvalue weighted by Crippen LogP contribution is -2.22. The second kappa shape index (κ2) is 4.64. The Bertz CT molecular complexity index is 327. The van der Waals surface area contributed by atoms with E-state index in [-0.39, 0.29) is 6.10 Å². The van der Waals surface area contributed by atoms with Gasteiger partial charge in [0, 0.05) is 26.1 Å². The van der Waals surface area contributed by atoms with E-state index >= 15 is 0 Å². The maximum atomic E-state index is 9.67. The van der Waals surface area contributed by atoms with E-state index in [4.69, 9.17) is 4.74 Å². The molecule has 1 fully saturated rings. The first-order valence-corrected chi connectivity index (χ1v) is 5.31. The van der Waals surface area contributed by atoms with Crippen LogP contribution in [0.1, 0.15) is 5.56 Å². The average molecular weight is 207 g/mol. The molecule has 0 bridgehead atoms. The van der Waals surface area contributed by atoms with Gasteiger partial charge in [-0.25, -0.2) is 0 Å². The van der Waals surface area contributed by atoms with Crippen LogP contribution in [-0.2, 0) is 11.2 Å². The standard InChI is InChI=1S/C12H17NO2/c1-15-12-8-13-7-10(12)6-9-4-2-3-5-11(9)14/h2-5,10,12-14H,6-8H2,1H3. The Kier molecular flexibility index (Phi) is 3.23. The van der Waals surface area contributed by atoms with Crippen LogP contribution in [0.4, 0.5) is 0 Å². The van der Waals surface area contributed by atoms with Crippen LogP contribution in [0, 0.1) is 5.92 Å². The van der Waals surface area contributed by atoms with Crippen molar-refractivity contribution >= 4 is 0 Å². The Balaban J connectivity index is 2.05. The van der Waals surface area contributed by atoms with Gasteiger partial charge in [0.2, 0.25) is 0 Å². The molecular formula is C12H17NO2. The molecule has 0 radical (unpaired) electrons. The Labute approximate surface area is 90.1 Å². The Morgan fingerprint density at radius 1 is 1.40 bits per heavy atom. The molecule has 1 aliphatic rings. The first kappa shape index (κ1) is 10.5. The van der Waals surface area contributed by atoms with Gasteiger partial charge in [0.15, 0.2) is 0 Å². The first-order chi connectivity index (χ1) is 7.31. The van der Waals surface area contributed by atoms with Crippen molar-refractivity contribution in [2.45, 2.75) is 12.5 Å². The zero-order chi connectivity index (χ0) is 10.7. The minimum absolute atomic E-state index is 0.268. The topological polar surface area (TPSA) is 41.5 Å². The number of ether oxygens (including phenoxy) is 1. The average Bonchev–Trinajstić information content (AvgIpc) is 2.69. The minimum Gasteiger partial charge on any atom is -0.508 e. The summed E-state index contributed by atoms with van der Waals surface area (Å²) in [6.07, 6.45) is 1.14. The molecule has 0 spiro atoms. The fraction of sp³-hybridized carbons (Fsp3) is 0.500. The minimum atomic E-state index is 0.268. The lowest BCUT2D eigenvalue weighted by atomic mass is 9.96. The fourth-order valence-electron chi connectivity index (χ4n) is 2.15. The molecule has 2 N–H and O–H groups in total. The predicted molar refractivity (Wildman–Crippen MR) is 59.0 cm³/mol. The SMILES string of the molecule is COC1CNCC1Cc1ccccc1O. The van der Waals surface area contributed by atoms with E-state index in [9.17, 15) is 5.11 Å². The highest BCUT2D eigenvalue weighted by Gasteiger charge is 2.27. The highest BCUT2D eigenvalue weighted by molar-refractivity contribution is 5.32. The molecule has 3 heteroatoms. The van der Waals surface area contributed by atoms with Gasteiger partial charge in [0.25, 0.3) is 0 Å². The molecule has 1 heterocycles. The van der Waals surface area contributed by atoms with E-state index in [1.165, 1.54) is 0 Å². The van der Waals surface area contributed by atoms with E-state index in [1.54, 1.807) is 13.2 Å². The van der Waals surface area contributed by atoms with Crippen LogP contribution in [0.5, 0.6) is 5.75 Å².